The van der Waals surface area contributed by atoms with E-state index in [1.54, 1.807) is 42.1 Å². The molecule has 0 spiro atoms. The first kappa shape index (κ1) is 21.2. The number of benzene rings is 2. The molecule has 1 atom stereocenters. The van der Waals surface area contributed by atoms with E-state index in [-0.39, 0.29) is 5.91 Å². The Morgan fingerprint density at radius 3 is 2.46 bits per heavy atom. The van der Waals surface area contributed by atoms with Crippen molar-refractivity contribution in [2.75, 3.05) is 12.3 Å². The summed E-state index contributed by atoms with van der Waals surface area (Å²) >= 11 is 19.6. The first-order valence-corrected chi connectivity index (χ1v) is 10.5. The number of ether oxygens (including phenoxy) is 1. The molecule has 0 radical (unpaired) electrons. The summed E-state index contributed by atoms with van der Waals surface area (Å²) in [7, 11) is 0. The van der Waals surface area contributed by atoms with E-state index >= 15 is 0 Å². The van der Waals surface area contributed by atoms with E-state index < -0.39 is 6.10 Å². The number of carbonyl (C=O) groups is 1. The molecule has 0 aromatic heterocycles. The largest absolute Gasteiger partial charge is 0.481 e. The molecule has 0 heterocycles. The fraction of sp³-hybridized carbons (Fsp3) is 0.316. The summed E-state index contributed by atoms with van der Waals surface area (Å²) in [6, 6.07) is 12.5. The summed E-state index contributed by atoms with van der Waals surface area (Å²) in [5.74, 6) is 2.06. The molecule has 26 heavy (non-hydrogen) atoms. The Morgan fingerprint density at radius 1 is 1.12 bits per heavy atom. The average Bonchev–Trinajstić information content (AvgIpc) is 2.62. The van der Waals surface area contributed by atoms with Crippen molar-refractivity contribution in [1.82, 2.24) is 5.32 Å². The standard InChI is InChI=1S/C19H20Cl3NO2S/c1-2-18(25-16-7-5-14(20)6-8-16)19(24)23-9-10-26-12-13-3-4-15(21)11-17(13)22/h3-8,11,18H,2,9-10,12H2,1H3,(H,23,24)/t18-/m1/s1. The second kappa shape index (κ2) is 10.9. The van der Waals surface area contributed by atoms with Gasteiger partial charge >= 0.3 is 0 Å². The maximum absolute atomic E-state index is 12.3. The van der Waals surface area contributed by atoms with Gasteiger partial charge < -0.3 is 10.1 Å². The lowest BCUT2D eigenvalue weighted by molar-refractivity contribution is -0.127. The lowest BCUT2D eigenvalue weighted by Crippen LogP contribution is -2.39. The molecule has 7 heteroatoms. The molecule has 2 rings (SSSR count). The SMILES string of the molecule is CC[C@@H](Oc1ccc(Cl)cc1)C(=O)NCCSCc1ccc(Cl)cc1Cl. The summed E-state index contributed by atoms with van der Waals surface area (Å²) in [6.45, 7) is 2.48. The van der Waals surface area contributed by atoms with Gasteiger partial charge in [-0.3, -0.25) is 4.79 Å². The van der Waals surface area contributed by atoms with E-state index in [9.17, 15) is 4.79 Å². The maximum atomic E-state index is 12.3. The quantitative estimate of drug-likeness (QED) is 0.505. The zero-order valence-electron chi connectivity index (χ0n) is 14.3. The normalized spacial score (nSPS) is 11.8. The smallest absolute Gasteiger partial charge is 0.261 e. The minimum absolute atomic E-state index is 0.118. The molecule has 0 aliphatic heterocycles. The van der Waals surface area contributed by atoms with Crippen molar-refractivity contribution in [3.05, 3.63) is 63.1 Å². The van der Waals surface area contributed by atoms with Crippen LogP contribution in [-0.2, 0) is 10.5 Å². The number of thioether (sulfide) groups is 1. The minimum Gasteiger partial charge on any atom is -0.481 e. The summed E-state index contributed by atoms with van der Waals surface area (Å²) in [5, 5.41) is 4.83. The second-order valence-corrected chi connectivity index (χ2v) is 7.93. The van der Waals surface area contributed by atoms with Crippen LogP contribution in [0.15, 0.2) is 42.5 Å². The summed E-state index contributed by atoms with van der Waals surface area (Å²) in [5.41, 5.74) is 1.03. The lowest BCUT2D eigenvalue weighted by atomic mass is 10.2. The number of hydrogen-bond donors (Lipinski definition) is 1. The lowest BCUT2D eigenvalue weighted by Gasteiger charge is -2.17. The van der Waals surface area contributed by atoms with Gasteiger partial charge in [-0.15, -0.1) is 0 Å². The Bertz CT molecular complexity index is 725. The van der Waals surface area contributed by atoms with Crippen LogP contribution >= 0.6 is 46.6 Å². The first-order valence-electron chi connectivity index (χ1n) is 8.21. The predicted molar refractivity (Wildman–Crippen MR) is 112 cm³/mol. The van der Waals surface area contributed by atoms with Gasteiger partial charge in [0.05, 0.1) is 0 Å². The molecule has 0 saturated heterocycles. The molecular weight excluding hydrogens is 413 g/mol. The average molecular weight is 433 g/mol. The van der Waals surface area contributed by atoms with E-state index in [1.807, 2.05) is 19.1 Å². The van der Waals surface area contributed by atoms with Crippen LogP contribution in [0.3, 0.4) is 0 Å². The Hall–Kier alpha value is -1.07. The van der Waals surface area contributed by atoms with Crippen LogP contribution < -0.4 is 10.1 Å². The third kappa shape index (κ3) is 6.92. The van der Waals surface area contributed by atoms with Gasteiger partial charge in [-0.05, 0) is 48.4 Å². The minimum atomic E-state index is -0.521. The van der Waals surface area contributed by atoms with Crippen molar-refractivity contribution < 1.29 is 9.53 Å². The highest BCUT2D eigenvalue weighted by Crippen LogP contribution is 2.24. The molecule has 3 nitrogen and oxygen atoms in total. The highest BCUT2D eigenvalue weighted by atomic mass is 35.5. The molecule has 0 aliphatic carbocycles. The van der Waals surface area contributed by atoms with Gasteiger partial charge in [-0.2, -0.15) is 11.8 Å². The van der Waals surface area contributed by atoms with Gasteiger partial charge in [0.25, 0.3) is 5.91 Å². The van der Waals surface area contributed by atoms with Crippen molar-refractivity contribution in [3.8, 4) is 5.75 Å². The molecule has 0 saturated carbocycles. The van der Waals surface area contributed by atoms with Crippen LogP contribution in [0.4, 0.5) is 0 Å². The van der Waals surface area contributed by atoms with Gasteiger partial charge in [-0.25, -0.2) is 0 Å². The van der Waals surface area contributed by atoms with Crippen molar-refractivity contribution >= 4 is 52.5 Å². The highest BCUT2D eigenvalue weighted by molar-refractivity contribution is 7.98. The molecule has 0 bridgehead atoms. The van der Waals surface area contributed by atoms with Crippen molar-refractivity contribution in [2.24, 2.45) is 0 Å². The van der Waals surface area contributed by atoms with Gasteiger partial charge in [-0.1, -0.05) is 47.8 Å². The van der Waals surface area contributed by atoms with Crippen molar-refractivity contribution in [1.29, 1.82) is 0 Å². The Labute approximate surface area is 173 Å². The number of hydrogen-bond acceptors (Lipinski definition) is 3. The third-order valence-electron chi connectivity index (χ3n) is 3.57. The molecular formula is C19H20Cl3NO2S. The van der Waals surface area contributed by atoms with E-state index in [1.165, 1.54) is 0 Å². The zero-order valence-corrected chi connectivity index (χ0v) is 17.4. The number of halogens is 3. The summed E-state index contributed by atoms with van der Waals surface area (Å²) in [4.78, 5) is 12.3. The molecule has 0 aliphatic rings. The Morgan fingerprint density at radius 2 is 1.81 bits per heavy atom. The molecule has 2 aromatic rings. The molecule has 1 amide bonds. The van der Waals surface area contributed by atoms with Gasteiger partial charge in [0.1, 0.15) is 5.75 Å². The predicted octanol–water partition coefficient (Wildman–Crippen LogP) is 5.85. The van der Waals surface area contributed by atoms with E-state index in [4.69, 9.17) is 39.5 Å². The summed E-state index contributed by atoms with van der Waals surface area (Å²) < 4.78 is 5.73. The van der Waals surface area contributed by atoms with Crippen molar-refractivity contribution in [2.45, 2.75) is 25.2 Å². The molecule has 0 unspecified atom stereocenters. The molecule has 140 valence electrons. The maximum Gasteiger partial charge on any atom is 0.261 e. The number of carbonyl (C=O) groups excluding carboxylic acids is 1. The Balaban J connectivity index is 1.71. The van der Waals surface area contributed by atoms with Gasteiger partial charge in [0.15, 0.2) is 6.10 Å². The van der Waals surface area contributed by atoms with Crippen molar-refractivity contribution in [3.63, 3.8) is 0 Å². The van der Waals surface area contributed by atoms with E-state index in [2.05, 4.69) is 5.32 Å². The Kier molecular flexibility index (Phi) is 8.93. The van der Waals surface area contributed by atoms with E-state index in [0.29, 0.717) is 33.8 Å². The highest BCUT2D eigenvalue weighted by Gasteiger charge is 2.17. The number of nitrogens with one attached hydrogen (secondary N) is 1. The van der Waals surface area contributed by atoms with Crippen LogP contribution in [0.5, 0.6) is 5.75 Å². The van der Waals surface area contributed by atoms with Crippen LogP contribution in [0, 0.1) is 0 Å². The zero-order chi connectivity index (χ0) is 18.9. The van der Waals surface area contributed by atoms with Crippen LogP contribution in [0.25, 0.3) is 0 Å². The third-order valence-corrected chi connectivity index (χ3v) is 5.42. The number of amides is 1. The number of rotatable bonds is 9. The monoisotopic (exact) mass is 431 g/mol. The molecule has 2 aromatic carbocycles. The van der Waals surface area contributed by atoms with Crippen LogP contribution in [0.1, 0.15) is 18.9 Å². The molecule has 0 fully saturated rings. The first-order chi connectivity index (χ1) is 12.5. The summed E-state index contributed by atoms with van der Waals surface area (Å²) in [6.07, 6.45) is 0.0639. The van der Waals surface area contributed by atoms with Crippen LogP contribution in [0.2, 0.25) is 15.1 Å². The fourth-order valence-electron chi connectivity index (χ4n) is 2.18. The van der Waals surface area contributed by atoms with Gasteiger partial charge in [0.2, 0.25) is 0 Å². The topological polar surface area (TPSA) is 38.3 Å². The van der Waals surface area contributed by atoms with Crippen LogP contribution in [-0.4, -0.2) is 24.3 Å². The van der Waals surface area contributed by atoms with Gasteiger partial charge in [0, 0.05) is 33.1 Å². The second-order valence-electron chi connectivity index (χ2n) is 5.55. The fourth-order valence-corrected chi connectivity index (χ4v) is 3.72. The molecule has 1 N–H and O–H groups in total. The van der Waals surface area contributed by atoms with E-state index in [0.717, 1.165) is 17.1 Å².